The lowest BCUT2D eigenvalue weighted by Crippen LogP contribution is -2.49. The molecule has 2 aliphatic heterocycles. The van der Waals surface area contributed by atoms with Crippen molar-refractivity contribution in [2.24, 2.45) is 4.99 Å². The second kappa shape index (κ2) is 11.4. The molecule has 9 heteroatoms. The van der Waals surface area contributed by atoms with Crippen LogP contribution in [-0.4, -0.2) is 96.1 Å². The van der Waals surface area contributed by atoms with Crippen molar-refractivity contribution in [3.8, 4) is 0 Å². The molecule has 1 saturated carbocycles. The van der Waals surface area contributed by atoms with E-state index in [1.165, 1.54) is 32.2 Å². The lowest BCUT2D eigenvalue weighted by molar-refractivity contribution is -0.131. The molecule has 32 heavy (non-hydrogen) atoms. The molecular formula is C23H38N8O. The summed E-state index contributed by atoms with van der Waals surface area (Å²) in [6, 6.07) is 3.05. The van der Waals surface area contributed by atoms with Crippen LogP contribution in [0, 0.1) is 0 Å². The third-order valence-corrected chi connectivity index (χ3v) is 6.81. The van der Waals surface area contributed by atoms with E-state index in [4.69, 9.17) is 4.99 Å². The van der Waals surface area contributed by atoms with Gasteiger partial charge in [-0.05, 0) is 32.3 Å². The smallest absolute Gasteiger partial charge is 0.225 e. The maximum absolute atomic E-state index is 12.7. The Labute approximate surface area is 191 Å². The van der Waals surface area contributed by atoms with E-state index in [1.54, 1.807) is 12.4 Å². The summed E-state index contributed by atoms with van der Waals surface area (Å²) in [6.07, 6.45) is 10.6. The van der Waals surface area contributed by atoms with E-state index in [0.29, 0.717) is 32.1 Å². The number of aliphatic imine (C=N–C) groups is 1. The van der Waals surface area contributed by atoms with Crippen LogP contribution in [0.25, 0.3) is 0 Å². The third-order valence-electron chi connectivity index (χ3n) is 6.81. The molecule has 2 N–H and O–H groups in total. The Balaban J connectivity index is 1.19. The summed E-state index contributed by atoms with van der Waals surface area (Å²) in [6.45, 7) is 8.64. The minimum absolute atomic E-state index is 0.173. The fraction of sp³-hybridized carbons (Fsp3) is 0.739. The molecule has 176 valence electrons. The molecule has 3 fully saturated rings. The summed E-state index contributed by atoms with van der Waals surface area (Å²) < 4.78 is 0. The Kier molecular flexibility index (Phi) is 8.14. The van der Waals surface area contributed by atoms with Crippen LogP contribution in [0.2, 0.25) is 0 Å². The van der Waals surface area contributed by atoms with Gasteiger partial charge in [-0.2, -0.15) is 0 Å². The normalized spacial score (nSPS) is 23.0. The van der Waals surface area contributed by atoms with Gasteiger partial charge in [-0.25, -0.2) is 9.97 Å². The summed E-state index contributed by atoms with van der Waals surface area (Å²) in [5.41, 5.74) is 0. The highest BCUT2D eigenvalue weighted by molar-refractivity contribution is 5.81. The van der Waals surface area contributed by atoms with Crippen molar-refractivity contribution in [1.82, 2.24) is 30.4 Å². The first-order valence-corrected chi connectivity index (χ1v) is 12.3. The van der Waals surface area contributed by atoms with Crippen molar-refractivity contribution < 1.29 is 4.79 Å². The van der Waals surface area contributed by atoms with Crippen LogP contribution in [0.5, 0.6) is 0 Å². The number of hydrogen-bond donors (Lipinski definition) is 2. The third kappa shape index (κ3) is 6.09. The van der Waals surface area contributed by atoms with Gasteiger partial charge in [0, 0.05) is 76.7 Å². The van der Waals surface area contributed by atoms with Crippen LogP contribution in [-0.2, 0) is 4.79 Å². The van der Waals surface area contributed by atoms with Gasteiger partial charge in [-0.15, -0.1) is 0 Å². The minimum Gasteiger partial charge on any atom is -0.357 e. The number of piperazine rings is 1. The number of rotatable bonds is 7. The summed E-state index contributed by atoms with van der Waals surface area (Å²) in [7, 11) is 0. The molecule has 4 rings (SSSR count). The number of nitrogens with one attached hydrogen (secondary N) is 2. The number of nitrogens with zero attached hydrogens (tertiary/aromatic N) is 6. The predicted octanol–water partition coefficient (Wildman–Crippen LogP) is 1.09. The molecular weight excluding hydrogens is 404 g/mol. The Hall–Kier alpha value is -2.42. The first-order chi connectivity index (χ1) is 15.7. The molecule has 0 radical (unpaired) electrons. The lowest BCUT2D eigenvalue weighted by Gasteiger charge is -2.34. The Bertz CT molecular complexity index is 744. The van der Waals surface area contributed by atoms with E-state index >= 15 is 0 Å². The summed E-state index contributed by atoms with van der Waals surface area (Å²) >= 11 is 0. The summed E-state index contributed by atoms with van der Waals surface area (Å²) in [4.78, 5) is 32.7. The lowest BCUT2D eigenvalue weighted by atomic mass is 10.2. The van der Waals surface area contributed by atoms with Gasteiger partial charge >= 0.3 is 0 Å². The van der Waals surface area contributed by atoms with Crippen molar-refractivity contribution in [1.29, 1.82) is 0 Å². The zero-order chi connectivity index (χ0) is 22.2. The number of amides is 1. The second-order valence-electron chi connectivity index (χ2n) is 8.99. The molecule has 0 spiro atoms. The Morgan fingerprint density at radius 3 is 2.56 bits per heavy atom. The topological polar surface area (TPSA) is 89.0 Å². The highest BCUT2D eigenvalue weighted by Gasteiger charge is 2.30. The molecule has 0 aromatic carbocycles. The largest absolute Gasteiger partial charge is 0.357 e. The molecule has 2 saturated heterocycles. The highest BCUT2D eigenvalue weighted by atomic mass is 16.2. The molecule has 1 aliphatic carbocycles. The number of aromatic nitrogens is 2. The number of carbonyl (C=O) groups excluding carboxylic acids is 1. The molecule has 3 aliphatic rings. The van der Waals surface area contributed by atoms with Crippen molar-refractivity contribution in [3.05, 3.63) is 18.5 Å². The van der Waals surface area contributed by atoms with Crippen molar-refractivity contribution in [2.45, 2.75) is 57.5 Å². The maximum atomic E-state index is 12.7. The first kappa shape index (κ1) is 22.8. The summed E-state index contributed by atoms with van der Waals surface area (Å²) in [5.74, 6) is 1.75. The second-order valence-corrected chi connectivity index (χ2v) is 8.99. The molecule has 3 heterocycles. The van der Waals surface area contributed by atoms with Crippen molar-refractivity contribution in [2.75, 3.05) is 57.3 Å². The molecule has 1 aromatic rings. The number of hydrogen-bond acceptors (Lipinski definition) is 6. The zero-order valence-electron chi connectivity index (χ0n) is 19.4. The van der Waals surface area contributed by atoms with Gasteiger partial charge in [0.05, 0.1) is 6.54 Å². The van der Waals surface area contributed by atoms with Crippen LogP contribution in [0.3, 0.4) is 0 Å². The van der Waals surface area contributed by atoms with Crippen LogP contribution in [0.1, 0.15) is 45.4 Å². The quantitative estimate of drug-likeness (QED) is 0.483. The van der Waals surface area contributed by atoms with Gasteiger partial charge in [-0.1, -0.05) is 12.8 Å². The van der Waals surface area contributed by atoms with E-state index in [1.807, 2.05) is 11.0 Å². The number of guanidine groups is 1. The minimum atomic E-state index is 0.173. The molecule has 9 nitrogen and oxygen atoms in total. The molecule has 0 bridgehead atoms. The van der Waals surface area contributed by atoms with Crippen LogP contribution in [0.4, 0.5) is 5.95 Å². The van der Waals surface area contributed by atoms with Crippen molar-refractivity contribution >= 4 is 17.8 Å². The fourth-order valence-corrected chi connectivity index (χ4v) is 5.05. The van der Waals surface area contributed by atoms with E-state index in [9.17, 15) is 4.79 Å². The molecule has 1 aromatic heterocycles. The van der Waals surface area contributed by atoms with Gasteiger partial charge < -0.3 is 20.4 Å². The Morgan fingerprint density at radius 2 is 1.84 bits per heavy atom. The predicted molar refractivity (Wildman–Crippen MR) is 127 cm³/mol. The zero-order valence-corrected chi connectivity index (χ0v) is 19.4. The van der Waals surface area contributed by atoms with E-state index in [-0.39, 0.29) is 5.91 Å². The van der Waals surface area contributed by atoms with E-state index in [0.717, 1.165) is 50.5 Å². The van der Waals surface area contributed by atoms with E-state index in [2.05, 4.69) is 37.3 Å². The van der Waals surface area contributed by atoms with E-state index < -0.39 is 0 Å². The van der Waals surface area contributed by atoms with Crippen molar-refractivity contribution in [3.63, 3.8) is 0 Å². The van der Waals surface area contributed by atoms with Gasteiger partial charge in [-0.3, -0.25) is 14.7 Å². The number of likely N-dealkylation sites (tertiary alicyclic amines) is 1. The molecule has 1 unspecified atom stereocenters. The van der Waals surface area contributed by atoms with Gasteiger partial charge in [0.2, 0.25) is 11.9 Å². The first-order valence-electron chi connectivity index (χ1n) is 12.3. The van der Waals surface area contributed by atoms with Crippen LogP contribution < -0.4 is 15.5 Å². The SMILES string of the molecule is CCNC(=NCCC(=O)N1CCN(c2ncccn2)CC1)NC1CCN(C2CCCC2)C1. The standard InChI is InChI=1S/C23H38N8O/c1-2-24-22(28-19-9-13-31(18-19)20-6-3-4-7-20)25-12-8-21(32)29-14-16-30(17-15-29)23-26-10-5-11-27-23/h5,10-11,19-20H,2-4,6-9,12-18H2,1H3,(H2,24,25,28). The monoisotopic (exact) mass is 442 g/mol. The van der Waals surface area contributed by atoms with Crippen LogP contribution >= 0.6 is 0 Å². The van der Waals surface area contributed by atoms with Gasteiger partial charge in [0.25, 0.3) is 0 Å². The highest BCUT2D eigenvalue weighted by Crippen LogP contribution is 2.26. The average molecular weight is 443 g/mol. The number of anilines is 1. The molecule has 1 amide bonds. The van der Waals surface area contributed by atoms with Crippen LogP contribution in [0.15, 0.2) is 23.5 Å². The Morgan fingerprint density at radius 1 is 1.09 bits per heavy atom. The van der Waals surface area contributed by atoms with Gasteiger partial charge in [0.15, 0.2) is 5.96 Å². The number of carbonyl (C=O) groups is 1. The van der Waals surface area contributed by atoms with Gasteiger partial charge in [0.1, 0.15) is 0 Å². The maximum Gasteiger partial charge on any atom is 0.225 e. The summed E-state index contributed by atoms with van der Waals surface area (Å²) in [5, 5.41) is 6.95. The fourth-order valence-electron chi connectivity index (χ4n) is 5.05. The molecule has 1 atom stereocenters. The average Bonchev–Trinajstić information content (AvgIpc) is 3.52.